The second-order valence-corrected chi connectivity index (χ2v) is 10.6. The number of nitrogens with two attached hydrogens (primary N) is 1. The number of nitrogens with zero attached hydrogens (tertiary/aromatic N) is 1. The standard InChI is InChI=1S/C26H33N5O4S/c1-17(21-12-18(15-36-21)24(27)28)30-25(34)20-13-26(9-10-26)16-31(20)23(33)14-29-22(32)8-5-11-35-19-6-3-2-4-7-19/h2-4,6-7,12,15,17,20H,5,8-11,13-14,16H2,1H3,(H3,27,28)(H,29,32)(H,30,34)/t17-,20?/m1/s1. The normalized spacial score (nSPS) is 18.5. The van der Waals surface area contributed by atoms with Crippen molar-refractivity contribution in [3.8, 4) is 5.75 Å². The van der Waals surface area contributed by atoms with E-state index in [9.17, 15) is 14.4 Å². The van der Waals surface area contributed by atoms with E-state index in [2.05, 4.69) is 10.6 Å². The van der Waals surface area contributed by atoms with Gasteiger partial charge in [-0.05, 0) is 56.2 Å². The number of nitrogens with one attached hydrogen (secondary N) is 3. The van der Waals surface area contributed by atoms with Crippen LogP contribution < -0.4 is 21.1 Å². The number of thiophene rings is 1. The maximum absolute atomic E-state index is 13.2. The highest BCUT2D eigenvalue weighted by Gasteiger charge is 2.55. The fourth-order valence-electron chi connectivity index (χ4n) is 4.50. The summed E-state index contributed by atoms with van der Waals surface area (Å²) in [4.78, 5) is 40.9. The first-order valence-electron chi connectivity index (χ1n) is 12.2. The molecule has 192 valence electrons. The molecule has 1 saturated heterocycles. The molecule has 1 aliphatic carbocycles. The number of hydrogen-bond acceptors (Lipinski definition) is 6. The molecule has 1 unspecified atom stereocenters. The van der Waals surface area contributed by atoms with Crippen LogP contribution in [0.15, 0.2) is 41.8 Å². The molecule has 1 saturated carbocycles. The van der Waals surface area contributed by atoms with Crippen LogP contribution in [-0.4, -0.2) is 54.2 Å². The summed E-state index contributed by atoms with van der Waals surface area (Å²) < 4.78 is 5.59. The molecule has 10 heteroatoms. The number of carbonyl (C=O) groups excluding carboxylic acids is 3. The van der Waals surface area contributed by atoms with Crippen molar-refractivity contribution >= 4 is 34.9 Å². The van der Waals surface area contributed by atoms with Crippen LogP contribution in [0.5, 0.6) is 5.75 Å². The average molecular weight is 512 g/mol. The van der Waals surface area contributed by atoms with Crippen LogP contribution in [0.3, 0.4) is 0 Å². The quantitative estimate of drug-likeness (QED) is 0.209. The third kappa shape index (κ3) is 6.42. The van der Waals surface area contributed by atoms with E-state index in [1.807, 2.05) is 37.3 Å². The number of ether oxygens (including phenoxy) is 1. The molecule has 9 nitrogen and oxygen atoms in total. The first kappa shape index (κ1) is 25.7. The van der Waals surface area contributed by atoms with E-state index < -0.39 is 6.04 Å². The van der Waals surface area contributed by atoms with Crippen LogP contribution in [0.1, 0.15) is 55.5 Å². The highest BCUT2D eigenvalue weighted by atomic mass is 32.1. The smallest absolute Gasteiger partial charge is 0.243 e. The Morgan fingerprint density at radius 1 is 1.28 bits per heavy atom. The lowest BCUT2D eigenvalue weighted by Gasteiger charge is -2.25. The van der Waals surface area contributed by atoms with E-state index in [1.165, 1.54) is 11.3 Å². The summed E-state index contributed by atoms with van der Waals surface area (Å²) >= 11 is 1.44. The van der Waals surface area contributed by atoms with Gasteiger partial charge in [-0.15, -0.1) is 11.3 Å². The van der Waals surface area contributed by atoms with Gasteiger partial charge in [-0.25, -0.2) is 0 Å². The number of hydrogen-bond donors (Lipinski definition) is 4. The zero-order chi connectivity index (χ0) is 25.7. The van der Waals surface area contributed by atoms with Crippen LogP contribution >= 0.6 is 11.3 Å². The molecule has 2 heterocycles. The molecule has 0 radical (unpaired) electrons. The minimum Gasteiger partial charge on any atom is -0.494 e. The second-order valence-electron chi connectivity index (χ2n) is 9.67. The fraction of sp³-hybridized carbons (Fsp3) is 0.462. The summed E-state index contributed by atoms with van der Waals surface area (Å²) in [6.45, 7) is 2.72. The van der Waals surface area contributed by atoms with Gasteiger partial charge in [-0.1, -0.05) is 18.2 Å². The molecule has 2 fully saturated rings. The van der Waals surface area contributed by atoms with Crippen molar-refractivity contribution in [1.82, 2.24) is 15.5 Å². The largest absolute Gasteiger partial charge is 0.494 e. The molecule has 1 aliphatic heterocycles. The Morgan fingerprint density at radius 3 is 2.69 bits per heavy atom. The van der Waals surface area contributed by atoms with Gasteiger partial charge in [0.2, 0.25) is 17.7 Å². The molecule has 2 aliphatic rings. The van der Waals surface area contributed by atoms with Crippen LogP contribution in [0.4, 0.5) is 0 Å². The van der Waals surface area contributed by atoms with Crippen molar-refractivity contribution in [2.24, 2.45) is 11.1 Å². The minimum absolute atomic E-state index is 0.00923. The van der Waals surface area contributed by atoms with E-state index in [4.69, 9.17) is 15.9 Å². The van der Waals surface area contributed by atoms with E-state index >= 15 is 0 Å². The molecule has 0 bridgehead atoms. The summed E-state index contributed by atoms with van der Waals surface area (Å²) in [6, 6.07) is 10.4. The number of rotatable bonds is 11. The summed E-state index contributed by atoms with van der Waals surface area (Å²) in [6.07, 6.45) is 3.46. The maximum Gasteiger partial charge on any atom is 0.243 e. The summed E-state index contributed by atoms with van der Waals surface area (Å²) in [5, 5.41) is 15.1. The Labute approximate surface area is 214 Å². The lowest BCUT2D eigenvalue weighted by atomic mass is 10.0. The SMILES string of the molecule is C[C@@H](NC(=O)C1CC2(CC2)CN1C(=O)CNC(=O)CCCOc1ccccc1)c1cc(C(=N)N)cs1. The second kappa shape index (κ2) is 11.1. The van der Waals surface area contributed by atoms with Crippen molar-refractivity contribution in [2.75, 3.05) is 19.7 Å². The van der Waals surface area contributed by atoms with Gasteiger partial charge in [-0.3, -0.25) is 19.8 Å². The molecule has 1 aromatic heterocycles. The Hall–Kier alpha value is -3.40. The zero-order valence-electron chi connectivity index (χ0n) is 20.4. The third-order valence-electron chi connectivity index (χ3n) is 6.80. The van der Waals surface area contributed by atoms with Crippen LogP contribution in [0.2, 0.25) is 0 Å². The molecule has 3 amide bonds. The van der Waals surface area contributed by atoms with Crippen molar-refractivity contribution < 1.29 is 19.1 Å². The molecular weight excluding hydrogens is 478 g/mol. The number of amidine groups is 1. The highest BCUT2D eigenvalue weighted by Crippen LogP contribution is 2.54. The summed E-state index contributed by atoms with van der Waals surface area (Å²) in [5.74, 6) is 0.101. The molecule has 36 heavy (non-hydrogen) atoms. The monoisotopic (exact) mass is 511 g/mol. The van der Waals surface area contributed by atoms with Gasteiger partial charge >= 0.3 is 0 Å². The predicted molar refractivity (Wildman–Crippen MR) is 138 cm³/mol. The van der Waals surface area contributed by atoms with E-state index in [1.54, 1.807) is 16.3 Å². The van der Waals surface area contributed by atoms with Crippen molar-refractivity contribution in [2.45, 2.75) is 51.1 Å². The highest BCUT2D eigenvalue weighted by molar-refractivity contribution is 7.10. The zero-order valence-corrected chi connectivity index (χ0v) is 21.2. The molecule has 5 N–H and O–H groups in total. The summed E-state index contributed by atoms with van der Waals surface area (Å²) in [5.41, 5.74) is 6.21. The molecule has 2 atom stereocenters. The first-order chi connectivity index (χ1) is 17.3. The van der Waals surface area contributed by atoms with Gasteiger partial charge in [0.15, 0.2) is 0 Å². The van der Waals surface area contributed by atoms with E-state index in [0.29, 0.717) is 31.6 Å². The fourth-order valence-corrected chi connectivity index (χ4v) is 5.41. The van der Waals surface area contributed by atoms with E-state index in [-0.39, 0.29) is 48.0 Å². The third-order valence-corrected chi connectivity index (χ3v) is 7.92. The first-order valence-corrected chi connectivity index (χ1v) is 13.1. The van der Waals surface area contributed by atoms with Crippen molar-refractivity contribution in [1.29, 1.82) is 5.41 Å². The lowest BCUT2D eigenvalue weighted by Crippen LogP contribution is -2.49. The number of benzene rings is 1. The number of carbonyl (C=O) groups is 3. The number of amides is 3. The Balaban J connectivity index is 1.25. The molecular formula is C26H33N5O4S. The maximum atomic E-state index is 13.2. The van der Waals surface area contributed by atoms with Crippen LogP contribution in [-0.2, 0) is 14.4 Å². The predicted octanol–water partition coefficient (Wildman–Crippen LogP) is 2.57. The number of likely N-dealkylation sites (tertiary alicyclic amines) is 1. The van der Waals surface area contributed by atoms with Crippen LogP contribution in [0, 0.1) is 10.8 Å². The summed E-state index contributed by atoms with van der Waals surface area (Å²) in [7, 11) is 0. The Morgan fingerprint density at radius 2 is 2.03 bits per heavy atom. The van der Waals surface area contributed by atoms with Gasteiger partial charge in [0.05, 0.1) is 19.2 Å². The lowest BCUT2D eigenvalue weighted by molar-refractivity contribution is -0.139. The Bertz CT molecular complexity index is 1110. The number of nitrogen functional groups attached to an aromatic ring is 1. The van der Waals surface area contributed by atoms with Crippen molar-refractivity contribution in [3.63, 3.8) is 0 Å². The van der Waals surface area contributed by atoms with Gasteiger partial charge < -0.3 is 26.0 Å². The van der Waals surface area contributed by atoms with Gasteiger partial charge in [0, 0.05) is 28.8 Å². The van der Waals surface area contributed by atoms with Gasteiger partial charge in [-0.2, -0.15) is 0 Å². The molecule has 1 aromatic carbocycles. The molecule has 1 spiro atoms. The van der Waals surface area contributed by atoms with Gasteiger partial charge in [0.25, 0.3) is 0 Å². The average Bonchev–Trinajstić information content (AvgIpc) is 3.26. The topological polar surface area (TPSA) is 138 Å². The minimum atomic E-state index is -0.550. The molecule has 2 aromatic rings. The van der Waals surface area contributed by atoms with Crippen molar-refractivity contribution in [3.05, 3.63) is 52.2 Å². The van der Waals surface area contributed by atoms with Gasteiger partial charge in [0.1, 0.15) is 17.6 Å². The van der Waals surface area contributed by atoms with E-state index in [0.717, 1.165) is 23.5 Å². The van der Waals surface area contributed by atoms with Crippen LogP contribution in [0.25, 0.3) is 0 Å². The number of para-hydroxylation sites is 1. The molecule has 4 rings (SSSR count). The Kier molecular flexibility index (Phi) is 7.93.